The number of nitrogens with zero attached hydrogens (tertiary/aromatic N) is 1. The summed E-state index contributed by atoms with van der Waals surface area (Å²) in [6, 6.07) is 0.307. The van der Waals surface area contributed by atoms with Crippen LogP contribution in [-0.2, 0) is 14.8 Å². The van der Waals surface area contributed by atoms with E-state index < -0.39 is 22.0 Å². The second kappa shape index (κ2) is 5.24. The first kappa shape index (κ1) is 14.5. The van der Waals surface area contributed by atoms with Crippen molar-refractivity contribution < 1.29 is 18.3 Å². The first-order chi connectivity index (χ1) is 8.84. The third kappa shape index (κ3) is 2.69. The van der Waals surface area contributed by atoms with E-state index in [9.17, 15) is 13.2 Å². The zero-order chi connectivity index (χ0) is 14.2. The van der Waals surface area contributed by atoms with E-state index in [1.54, 1.807) is 19.1 Å². The van der Waals surface area contributed by atoms with Gasteiger partial charge in [-0.15, -0.1) is 11.3 Å². The lowest BCUT2D eigenvalue weighted by Gasteiger charge is -2.28. The maximum absolute atomic E-state index is 12.5. The molecule has 0 saturated carbocycles. The lowest BCUT2D eigenvalue weighted by Crippen LogP contribution is -2.46. The number of halogens is 1. The van der Waals surface area contributed by atoms with Crippen LogP contribution in [0.3, 0.4) is 0 Å². The molecule has 104 valence electrons. The minimum Gasteiger partial charge on any atom is -0.480 e. The Morgan fingerprint density at radius 2 is 2.21 bits per heavy atom. The first-order valence-electron chi connectivity index (χ1n) is 5.49. The molecule has 0 bridgehead atoms. The minimum absolute atomic E-state index is 0.0617. The SMILES string of the molecule is Cc1sc(Cl)cc1S(=O)(=O)N1CC=CCC1C(=O)O. The second-order valence-electron chi connectivity index (χ2n) is 4.11. The summed E-state index contributed by atoms with van der Waals surface area (Å²) in [6.07, 6.45) is 3.50. The molecule has 0 aliphatic carbocycles. The number of rotatable bonds is 3. The van der Waals surface area contributed by atoms with E-state index in [0.717, 1.165) is 15.6 Å². The van der Waals surface area contributed by atoms with Gasteiger partial charge in [0.1, 0.15) is 6.04 Å². The Morgan fingerprint density at radius 1 is 1.53 bits per heavy atom. The third-order valence-corrected chi connectivity index (χ3v) is 6.18. The molecule has 0 saturated heterocycles. The van der Waals surface area contributed by atoms with Crippen LogP contribution in [-0.4, -0.2) is 36.4 Å². The van der Waals surface area contributed by atoms with Crippen molar-refractivity contribution >= 4 is 38.9 Å². The van der Waals surface area contributed by atoms with Gasteiger partial charge in [0, 0.05) is 11.4 Å². The normalized spacial score (nSPS) is 20.6. The number of aryl methyl sites for hydroxylation is 1. The van der Waals surface area contributed by atoms with Gasteiger partial charge in [-0.1, -0.05) is 23.8 Å². The van der Waals surface area contributed by atoms with Crippen LogP contribution in [0.2, 0.25) is 4.34 Å². The Labute approximate surface area is 120 Å². The summed E-state index contributed by atoms with van der Waals surface area (Å²) in [7, 11) is -3.84. The maximum atomic E-state index is 12.5. The van der Waals surface area contributed by atoms with Gasteiger partial charge < -0.3 is 5.11 Å². The van der Waals surface area contributed by atoms with Gasteiger partial charge in [-0.2, -0.15) is 4.31 Å². The number of hydrogen-bond acceptors (Lipinski definition) is 4. The van der Waals surface area contributed by atoms with Crippen LogP contribution >= 0.6 is 22.9 Å². The van der Waals surface area contributed by atoms with Crippen molar-refractivity contribution in [2.24, 2.45) is 0 Å². The Hall–Kier alpha value is -0.890. The van der Waals surface area contributed by atoms with E-state index in [1.807, 2.05) is 0 Å². The van der Waals surface area contributed by atoms with Gasteiger partial charge in [-0.3, -0.25) is 4.79 Å². The molecule has 2 heterocycles. The highest BCUT2D eigenvalue weighted by Gasteiger charge is 2.37. The zero-order valence-corrected chi connectivity index (χ0v) is 12.4. The molecule has 2 rings (SSSR count). The predicted octanol–water partition coefficient (Wildman–Crippen LogP) is 2.11. The number of carboxylic acid groups (broad SMARTS) is 1. The summed E-state index contributed by atoms with van der Waals surface area (Å²) < 4.78 is 26.4. The van der Waals surface area contributed by atoms with E-state index in [2.05, 4.69) is 0 Å². The Bertz CT molecular complexity index is 635. The number of carbonyl (C=O) groups is 1. The van der Waals surface area contributed by atoms with Gasteiger partial charge in [0.05, 0.1) is 9.23 Å². The second-order valence-corrected chi connectivity index (χ2v) is 7.85. The number of carboxylic acids is 1. The Kier molecular flexibility index (Phi) is 4.00. The van der Waals surface area contributed by atoms with E-state index >= 15 is 0 Å². The molecular formula is C11H12ClNO4S2. The molecule has 0 radical (unpaired) electrons. The molecule has 1 aliphatic heterocycles. The van der Waals surface area contributed by atoms with Crippen molar-refractivity contribution in [2.75, 3.05) is 6.54 Å². The maximum Gasteiger partial charge on any atom is 0.322 e. The molecule has 0 aromatic carbocycles. The molecule has 0 fully saturated rings. The van der Waals surface area contributed by atoms with E-state index in [-0.39, 0.29) is 17.9 Å². The van der Waals surface area contributed by atoms with E-state index in [4.69, 9.17) is 16.7 Å². The van der Waals surface area contributed by atoms with Crippen molar-refractivity contribution in [3.8, 4) is 0 Å². The molecule has 0 amide bonds. The fourth-order valence-corrected chi connectivity index (χ4v) is 5.29. The molecule has 0 spiro atoms. The molecule has 1 aromatic rings. The van der Waals surface area contributed by atoms with Crippen LogP contribution in [0.25, 0.3) is 0 Å². The highest BCUT2D eigenvalue weighted by Crippen LogP contribution is 2.32. The lowest BCUT2D eigenvalue weighted by molar-refractivity contribution is -0.141. The van der Waals surface area contributed by atoms with Crippen LogP contribution in [0, 0.1) is 6.92 Å². The number of aliphatic carboxylic acids is 1. The van der Waals surface area contributed by atoms with Gasteiger partial charge in [-0.05, 0) is 19.4 Å². The zero-order valence-electron chi connectivity index (χ0n) is 10.0. The summed E-state index contributed by atoms with van der Waals surface area (Å²) in [5.74, 6) is -1.15. The van der Waals surface area contributed by atoms with Gasteiger partial charge in [0.2, 0.25) is 10.0 Å². The Balaban J connectivity index is 2.46. The van der Waals surface area contributed by atoms with Gasteiger partial charge >= 0.3 is 5.97 Å². The summed E-state index contributed by atoms with van der Waals surface area (Å²) >= 11 is 6.98. The molecule has 1 N–H and O–H groups in total. The molecular weight excluding hydrogens is 310 g/mol. The first-order valence-corrected chi connectivity index (χ1v) is 8.13. The fraction of sp³-hybridized carbons (Fsp3) is 0.364. The Morgan fingerprint density at radius 3 is 2.74 bits per heavy atom. The molecule has 1 unspecified atom stereocenters. The van der Waals surface area contributed by atoms with Gasteiger partial charge in [-0.25, -0.2) is 8.42 Å². The monoisotopic (exact) mass is 321 g/mol. The predicted molar refractivity (Wildman–Crippen MR) is 73.1 cm³/mol. The van der Waals surface area contributed by atoms with Crippen molar-refractivity contribution in [1.82, 2.24) is 4.31 Å². The highest BCUT2D eigenvalue weighted by molar-refractivity contribution is 7.89. The smallest absolute Gasteiger partial charge is 0.322 e. The molecule has 5 nitrogen and oxygen atoms in total. The summed E-state index contributed by atoms with van der Waals surface area (Å²) in [5.41, 5.74) is 0. The largest absolute Gasteiger partial charge is 0.480 e. The van der Waals surface area contributed by atoms with Gasteiger partial charge in [0.15, 0.2) is 0 Å². The molecule has 1 aliphatic rings. The van der Waals surface area contributed by atoms with Crippen LogP contribution < -0.4 is 0 Å². The van der Waals surface area contributed by atoms with Crippen molar-refractivity contribution in [3.63, 3.8) is 0 Å². The average molecular weight is 322 g/mol. The van der Waals surface area contributed by atoms with Crippen molar-refractivity contribution in [2.45, 2.75) is 24.3 Å². The third-order valence-electron chi connectivity index (χ3n) is 2.87. The quantitative estimate of drug-likeness (QED) is 0.865. The molecule has 19 heavy (non-hydrogen) atoms. The summed E-state index contributed by atoms with van der Waals surface area (Å²) in [5, 5.41) is 9.13. The number of sulfonamides is 1. The lowest BCUT2D eigenvalue weighted by atomic mass is 10.1. The van der Waals surface area contributed by atoms with Crippen LogP contribution in [0.1, 0.15) is 11.3 Å². The highest BCUT2D eigenvalue weighted by atomic mass is 35.5. The number of thiophene rings is 1. The average Bonchev–Trinajstić information content (AvgIpc) is 2.69. The van der Waals surface area contributed by atoms with E-state index in [1.165, 1.54) is 6.07 Å². The molecule has 1 atom stereocenters. The fourth-order valence-electron chi connectivity index (χ4n) is 1.95. The van der Waals surface area contributed by atoms with Crippen molar-refractivity contribution in [3.05, 3.63) is 27.4 Å². The topological polar surface area (TPSA) is 74.7 Å². The van der Waals surface area contributed by atoms with Crippen LogP contribution in [0.5, 0.6) is 0 Å². The summed E-state index contributed by atoms with van der Waals surface area (Å²) in [4.78, 5) is 11.8. The molecule has 8 heteroatoms. The standard InChI is InChI=1S/C11H12ClNO4S2/c1-7-9(6-10(12)18-7)19(16,17)13-5-3-2-4-8(13)11(14)15/h2-3,6,8H,4-5H2,1H3,(H,14,15). The summed E-state index contributed by atoms with van der Waals surface area (Å²) in [6.45, 7) is 1.71. The minimum atomic E-state index is -3.84. The van der Waals surface area contributed by atoms with Gasteiger partial charge in [0.25, 0.3) is 0 Å². The van der Waals surface area contributed by atoms with E-state index in [0.29, 0.717) is 9.21 Å². The molecule has 1 aromatic heterocycles. The van der Waals surface area contributed by atoms with Crippen LogP contribution in [0.4, 0.5) is 0 Å². The number of hydrogen-bond donors (Lipinski definition) is 1. The van der Waals surface area contributed by atoms with Crippen LogP contribution in [0.15, 0.2) is 23.1 Å². The van der Waals surface area contributed by atoms with Crippen molar-refractivity contribution in [1.29, 1.82) is 0 Å².